The lowest BCUT2D eigenvalue weighted by atomic mass is 9.96. The predicted octanol–water partition coefficient (Wildman–Crippen LogP) is 3.21. The average Bonchev–Trinajstić information content (AvgIpc) is 2.50. The van der Waals surface area contributed by atoms with Crippen molar-refractivity contribution in [2.45, 2.75) is 64.0 Å². The smallest absolute Gasteiger partial charge is 0.282 e. The number of nitrogens with two attached hydrogens (primary N) is 1. The van der Waals surface area contributed by atoms with E-state index < -0.39 is 0 Å². The molecule has 0 radical (unpaired) electrons. The standard InChI is InChI=1S/C18H24ClN3O/c1-13(21-15-7-5-3-2-4-6-8-15)18(23)22-16-10-9-14(12-20)17(19)11-16/h9-11,13,15,21H,2-8H2,1H3,(H,22,23)/p+1/t13-/m0/s1. The number of benzene rings is 1. The summed E-state index contributed by atoms with van der Waals surface area (Å²) in [5, 5.41) is 14.3. The second kappa shape index (κ2) is 8.90. The molecule has 3 N–H and O–H groups in total. The van der Waals surface area contributed by atoms with Gasteiger partial charge < -0.3 is 10.6 Å². The van der Waals surface area contributed by atoms with Crippen LogP contribution in [0.3, 0.4) is 0 Å². The normalized spacial score (nSPS) is 17.6. The first kappa shape index (κ1) is 17.8. The number of hydrogen-bond acceptors (Lipinski definition) is 2. The number of carbonyl (C=O) groups is 1. The van der Waals surface area contributed by atoms with E-state index in [1.54, 1.807) is 18.2 Å². The highest BCUT2D eigenvalue weighted by atomic mass is 35.5. The van der Waals surface area contributed by atoms with E-state index in [0.29, 0.717) is 22.3 Å². The molecular weight excluding hydrogens is 310 g/mol. The van der Waals surface area contributed by atoms with Gasteiger partial charge in [-0.25, -0.2) is 0 Å². The van der Waals surface area contributed by atoms with Crippen LogP contribution in [-0.2, 0) is 4.79 Å². The van der Waals surface area contributed by atoms with Crippen LogP contribution in [0.2, 0.25) is 5.02 Å². The molecule has 1 saturated carbocycles. The van der Waals surface area contributed by atoms with Crippen LogP contribution in [0.5, 0.6) is 0 Å². The van der Waals surface area contributed by atoms with Crippen LogP contribution in [0.15, 0.2) is 18.2 Å². The van der Waals surface area contributed by atoms with Crippen molar-refractivity contribution in [3.63, 3.8) is 0 Å². The molecule has 0 aliphatic heterocycles. The topological polar surface area (TPSA) is 69.5 Å². The maximum atomic E-state index is 12.4. The van der Waals surface area contributed by atoms with Crippen LogP contribution in [0.4, 0.5) is 5.69 Å². The summed E-state index contributed by atoms with van der Waals surface area (Å²) in [6, 6.07) is 7.39. The molecule has 0 heterocycles. The number of amides is 1. The number of halogens is 1. The Morgan fingerprint density at radius 3 is 2.57 bits per heavy atom. The Labute approximate surface area is 143 Å². The van der Waals surface area contributed by atoms with Crippen molar-refractivity contribution in [1.82, 2.24) is 0 Å². The Bertz CT molecular complexity index is 574. The summed E-state index contributed by atoms with van der Waals surface area (Å²) in [4.78, 5) is 12.4. The van der Waals surface area contributed by atoms with E-state index in [0.717, 1.165) is 0 Å². The van der Waals surface area contributed by atoms with Crippen LogP contribution in [-0.4, -0.2) is 18.0 Å². The van der Waals surface area contributed by atoms with Gasteiger partial charge in [0.25, 0.3) is 5.91 Å². The Morgan fingerprint density at radius 2 is 1.96 bits per heavy atom. The van der Waals surface area contributed by atoms with Crippen molar-refractivity contribution < 1.29 is 10.1 Å². The van der Waals surface area contributed by atoms with Crippen LogP contribution < -0.4 is 10.6 Å². The lowest BCUT2D eigenvalue weighted by Gasteiger charge is -2.21. The first-order valence-corrected chi connectivity index (χ1v) is 8.83. The van der Waals surface area contributed by atoms with Gasteiger partial charge in [0.05, 0.1) is 16.6 Å². The largest absolute Gasteiger partial charge is 0.334 e. The molecule has 23 heavy (non-hydrogen) atoms. The fourth-order valence-corrected chi connectivity index (χ4v) is 3.34. The molecule has 0 unspecified atom stereocenters. The van der Waals surface area contributed by atoms with Crippen LogP contribution in [0, 0.1) is 11.3 Å². The van der Waals surface area contributed by atoms with Gasteiger partial charge in [0, 0.05) is 5.69 Å². The Balaban J connectivity index is 1.89. The number of hydrogen-bond donors (Lipinski definition) is 2. The Hall–Kier alpha value is -1.57. The predicted molar refractivity (Wildman–Crippen MR) is 92.3 cm³/mol. The first-order valence-electron chi connectivity index (χ1n) is 8.45. The van der Waals surface area contributed by atoms with Crippen molar-refractivity contribution >= 4 is 23.2 Å². The highest BCUT2D eigenvalue weighted by Crippen LogP contribution is 2.20. The maximum absolute atomic E-state index is 12.4. The highest BCUT2D eigenvalue weighted by molar-refractivity contribution is 6.32. The van der Waals surface area contributed by atoms with E-state index in [1.165, 1.54) is 44.9 Å². The highest BCUT2D eigenvalue weighted by Gasteiger charge is 2.22. The van der Waals surface area contributed by atoms with Crippen molar-refractivity contribution in [2.75, 3.05) is 5.32 Å². The van der Waals surface area contributed by atoms with E-state index in [4.69, 9.17) is 16.9 Å². The third-order valence-corrected chi connectivity index (χ3v) is 4.79. The third-order valence-electron chi connectivity index (χ3n) is 4.48. The number of nitrogens with one attached hydrogen (secondary N) is 1. The monoisotopic (exact) mass is 334 g/mol. The second-order valence-electron chi connectivity index (χ2n) is 6.38. The summed E-state index contributed by atoms with van der Waals surface area (Å²) >= 11 is 6.00. The third kappa shape index (κ3) is 5.53. The molecular formula is C18H25ClN3O+. The second-order valence-corrected chi connectivity index (χ2v) is 6.79. The summed E-state index contributed by atoms with van der Waals surface area (Å²) in [5.41, 5.74) is 1.05. The number of nitriles is 1. The Morgan fingerprint density at radius 1 is 1.30 bits per heavy atom. The van der Waals surface area contributed by atoms with Gasteiger partial charge in [-0.2, -0.15) is 5.26 Å². The van der Waals surface area contributed by atoms with Crippen molar-refractivity contribution in [3.8, 4) is 6.07 Å². The number of carbonyl (C=O) groups excluding carboxylic acids is 1. The van der Waals surface area contributed by atoms with Gasteiger partial charge in [0.15, 0.2) is 6.04 Å². The average molecular weight is 335 g/mol. The van der Waals surface area contributed by atoms with Gasteiger partial charge in [-0.1, -0.05) is 30.9 Å². The Kier molecular flexibility index (Phi) is 6.88. The minimum Gasteiger partial charge on any atom is -0.334 e. The molecule has 1 aromatic rings. The van der Waals surface area contributed by atoms with Crippen molar-refractivity contribution in [2.24, 2.45) is 0 Å². The van der Waals surface area contributed by atoms with Crippen LogP contribution in [0.25, 0.3) is 0 Å². The molecule has 0 aromatic heterocycles. The van der Waals surface area contributed by atoms with E-state index in [1.807, 2.05) is 13.0 Å². The minimum absolute atomic E-state index is 0.0205. The number of anilines is 1. The molecule has 2 rings (SSSR count). The van der Waals surface area contributed by atoms with Gasteiger partial charge in [-0.3, -0.25) is 4.79 Å². The number of nitrogens with zero attached hydrogens (tertiary/aromatic N) is 1. The summed E-state index contributed by atoms with van der Waals surface area (Å²) in [7, 11) is 0. The van der Waals surface area contributed by atoms with Gasteiger partial charge in [0.2, 0.25) is 0 Å². The van der Waals surface area contributed by atoms with E-state index >= 15 is 0 Å². The quantitative estimate of drug-likeness (QED) is 0.887. The number of quaternary nitrogens is 1. The summed E-state index contributed by atoms with van der Waals surface area (Å²) in [6.45, 7) is 1.94. The van der Waals surface area contributed by atoms with Gasteiger partial charge in [-0.05, 0) is 50.8 Å². The van der Waals surface area contributed by atoms with Crippen molar-refractivity contribution in [1.29, 1.82) is 5.26 Å². The molecule has 1 aromatic carbocycles. The van der Waals surface area contributed by atoms with Crippen LogP contribution in [0.1, 0.15) is 57.4 Å². The molecule has 1 atom stereocenters. The fourth-order valence-electron chi connectivity index (χ4n) is 3.12. The van der Waals surface area contributed by atoms with Crippen LogP contribution >= 0.6 is 11.6 Å². The molecule has 4 nitrogen and oxygen atoms in total. The maximum Gasteiger partial charge on any atom is 0.282 e. The van der Waals surface area contributed by atoms with Gasteiger partial charge in [-0.15, -0.1) is 0 Å². The zero-order valence-electron chi connectivity index (χ0n) is 13.6. The summed E-state index contributed by atoms with van der Waals surface area (Å²) < 4.78 is 0. The molecule has 0 saturated heterocycles. The zero-order chi connectivity index (χ0) is 16.7. The lowest BCUT2D eigenvalue weighted by Crippen LogP contribution is -2.96. The molecule has 0 spiro atoms. The van der Waals surface area contributed by atoms with Gasteiger partial charge in [0.1, 0.15) is 6.07 Å². The van der Waals surface area contributed by atoms with E-state index in [9.17, 15) is 4.79 Å². The number of rotatable bonds is 4. The molecule has 5 heteroatoms. The summed E-state index contributed by atoms with van der Waals surface area (Å²) in [6.07, 6.45) is 8.90. The molecule has 0 bridgehead atoms. The molecule has 1 aliphatic rings. The molecule has 124 valence electrons. The van der Waals surface area contributed by atoms with Crippen molar-refractivity contribution in [3.05, 3.63) is 28.8 Å². The summed E-state index contributed by atoms with van der Waals surface area (Å²) in [5.74, 6) is -0.0205. The van der Waals surface area contributed by atoms with Gasteiger partial charge >= 0.3 is 0 Å². The molecule has 1 amide bonds. The molecule has 1 aliphatic carbocycles. The lowest BCUT2D eigenvalue weighted by molar-refractivity contribution is -0.707. The minimum atomic E-state index is -0.131. The SMILES string of the molecule is C[C@H]([NH2+]C1CCCCCCC1)C(=O)Nc1ccc(C#N)c(Cl)c1. The van der Waals surface area contributed by atoms with E-state index in [2.05, 4.69) is 10.6 Å². The fraction of sp³-hybridized carbons (Fsp3) is 0.556. The first-order chi connectivity index (χ1) is 11.1. The zero-order valence-corrected chi connectivity index (χ0v) is 14.4. The molecule has 1 fully saturated rings. The van der Waals surface area contributed by atoms with E-state index in [-0.39, 0.29) is 11.9 Å².